The normalized spacial score (nSPS) is 20.9. The summed E-state index contributed by atoms with van der Waals surface area (Å²) in [6, 6.07) is 13.2. The second-order valence-electron chi connectivity index (χ2n) is 7.98. The minimum absolute atomic E-state index is 0. The van der Waals surface area contributed by atoms with Crippen LogP contribution in [0.1, 0.15) is 11.1 Å². The molecule has 0 aliphatic carbocycles. The highest BCUT2D eigenvalue weighted by Gasteiger charge is 2.34. The molecule has 3 heterocycles. The van der Waals surface area contributed by atoms with E-state index < -0.39 is 0 Å². The molecule has 0 radical (unpaired) electrons. The molecule has 0 spiro atoms. The number of piperazine rings is 1. The van der Waals surface area contributed by atoms with Gasteiger partial charge < -0.3 is 20.4 Å². The molecule has 1 fully saturated rings. The predicted octanol–water partition coefficient (Wildman–Crippen LogP) is 3.94. The minimum atomic E-state index is -0.183. The molecule has 0 bridgehead atoms. The fourth-order valence-corrected chi connectivity index (χ4v) is 4.31. The highest BCUT2D eigenvalue weighted by Crippen LogP contribution is 2.40. The van der Waals surface area contributed by atoms with Gasteiger partial charge in [0.2, 0.25) is 0 Å². The smallest absolute Gasteiger partial charge is 0.258 e. The number of halogens is 3. The number of para-hydroxylation sites is 1. The zero-order valence-corrected chi connectivity index (χ0v) is 20.5. The zero-order valence-electron chi connectivity index (χ0n) is 18.1. The maximum atomic E-state index is 12.8. The van der Waals surface area contributed by atoms with Crippen LogP contribution in [0.4, 0.5) is 11.4 Å². The topological polar surface area (TPSA) is 69.2 Å². The lowest BCUT2D eigenvalue weighted by molar-refractivity contribution is -0.110. The van der Waals surface area contributed by atoms with Crippen LogP contribution in [0.2, 0.25) is 5.02 Å². The molecular weight excluding hydrogens is 485 g/mol. The molecule has 10 heteroatoms. The van der Waals surface area contributed by atoms with Gasteiger partial charge in [0.05, 0.1) is 11.3 Å². The third-order valence-corrected chi connectivity index (χ3v) is 6.14. The zero-order chi connectivity index (χ0) is 21.4. The highest BCUT2D eigenvalue weighted by atomic mass is 35.5. The molecule has 33 heavy (non-hydrogen) atoms. The average Bonchev–Trinajstić information content (AvgIpc) is 3.28. The summed E-state index contributed by atoms with van der Waals surface area (Å²) in [5.74, 6) is -0.183. The van der Waals surface area contributed by atoms with Gasteiger partial charge in [-0.15, -0.1) is 24.8 Å². The Morgan fingerprint density at radius 2 is 1.73 bits per heavy atom. The Labute approximate surface area is 210 Å². The maximum Gasteiger partial charge on any atom is 0.258 e. The molecule has 0 unspecified atom stereocenters. The van der Waals surface area contributed by atoms with Crippen molar-refractivity contribution >= 4 is 65.0 Å². The molecular formula is C23H26Cl3N5O2. The molecule has 176 valence electrons. The first-order valence-corrected chi connectivity index (χ1v) is 10.8. The van der Waals surface area contributed by atoms with Crippen molar-refractivity contribution in [3.63, 3.8) is 0 Å². The van der Waals surface area contributed by atoms with Gasteiger partial charge >= 0.3 is 0 Å². The number of nitrogens with zero attached hydrogens (tertiary/aromatic N) is 3. The second kappa shape index (κ2) is 10.8. The summed E-state index contributed by atoms with van der Waals surface area (Å²) in [6.07, 6.45) is 0. The van der Waals surface area contributed by atoms with Crippen molar-refractivity contribution in [1.82, 2.24) is 9.80 Å². The average molecular weight is 511 g/mol. The summed E-state index contributed by atoms with van der Waals surface area (Å²) in [7, 11) is 2.14. The number of hydrogen-bond acceptors (Lipinski definition) is 6. The van der Waals surface area contributed by atoms with E-state index >= 15 is 0 Å². The predicted molar refractivity (Wildman–Crippen MR) is 138 cm³/mol. The maximum absolute atomic E-state index is 12.8. The number of hydrogen-bond donors (Lipinski definition) is 2. The third-order valence-electron chi connectivity index (χ3n) is 5.91. The first kappa shape index (κ1) is 25.3. The molecule has 0 atom stereocenters. The molecule has 1 saturated heterocycles. The molecule has 0 saturated carbocycles. The van der Waals surface area contributed by atoms with Crippen LogP contribution in [0.3, 0.4) is 0 Å². The number of carbonyl (C=O) groups is 1. The number of oxime groups is 1. The van der Waals surface area contributed by atoms with Crippen LogP contribution in [0.15, 0.2) is 53.3 Å². The van der Waals surface area contributed by atoms with Gasteiger partial charge in [-0.2, -0.15) is 0 Å². The lowest BCUT2D eigenvalue weighted by atomic mass is 10.0. The Balaban J connectivity index is 0.00000153. The van der Waals surface area contributed by atoms with Crippen molar-refractivity contribution in [1.29, 1.82) is 0 Å². The Morgan fingerprint density at radius 1 is 1.00 bits per heavy atom. The fourth-order valence-electron chi connectivity index (χ4n) is 4.14. The summed E-state index contributed by atoms with van der Waals surface area (Å²) < 4.78 is 0. The molecule has 7 nitrogen and oxygen atoms in total. The van der Waals surface area contributed by atoms with Crippen molar-refractivity contribution in [3.8, 4) is 0 Å². The van der Waals surface area contributed by atoms with Gasteiger partial charge in [0.25, 0.3) is 5.91 Å². The van der Waals surface area contributed by atoms with Crippen LogP contribution in [-0.2, 0) is 9.63 Å². The van der Waals surface area contributed by atoms with E-state index in [1.807, 2.05) is 30.3 Å². The van der Waals surface area contributed by atoms with E-state index in [1.165, 1.54) is 0 Å². The lowest BCUT2D eigenvalue weighted by Gasteiger charge is -2.31. The van der Waals surface area contributed by atoms with Gasteiger partial charge in [-0.3, -0.25) is 9.69 Å². The molecule has 1 amide bonds. The van der Waals surface area contributed by atoms with E-state index in [0.717, 1.165) is 55.2 Å². The van der Waals surface area contributed by atoms with E-state index in [1.54, 1.807) is 12.1 Å². The number of allylic oxidation sites excluding steroid dienone is 1. The first-order valence-electron chi connectivity index (χ1n) is 10.4. The summed E-state index contributed by atoms with van der Waals surface area (Å²) in [5, 5.41) is 11.3. The van der Waals surface area contributed by atoms with Gasteiger partial charge in [0.15, 0.2) is 0 Å². The number of fused-ring (bicyclic) bond motifs is 2. The number of carbonyl (C=O) groups excluding carboxylic acids is 1. The summed E-state index contributed by atoms with van der Waals surface area (Å²) in [6.45, 7) is 5.52. The molecule has 2 aromatic rings. The van der Waals surface area contributed by atoms with Crippen molar-refractivity contribution < 1.29 is 9.63 Å². The van der Waals surface area contributed by atoms with Gasteiger partial charge in [0.1, 0.15) is 12.3 Å². The van der Waals surface area contributed by atoms with E-state index in [-0.39, 0.29) is 30.7 Å². The van der Waals surface area contributed by atoms with Gasteiger partial charge in [-0.1, -0.05) is 35.0 Å². The number of anilines is 2. The highest BCUT2D eigenvalue weighted by molar-refractivity contribution is 6.40. The molecule has 2 aromatic carbocycles. The molecule has 3 aliphatic rings. The van der Waals surface area contributed by atoms with Gasteiger partial charge in [-0.25, -0.2) is 0 Å². The molecule has 0 aromatic heterocycles. The van der Waals surface area contributed by atoms with Crippen LogP contribution in [0, 0.1) is 0 Å². The minimum Gasteiger partial charge on any atom is -0.394 e. The summed E-state index contributed by atoms with van der Waals surface area (Å²) >= 11 is 6.21. The van der Waals surface area contributed by atoms with E-state index in [2.05, 4.69) is 32.6 Å². The van der Waals surface area contributed by atoms with E-state index in [4.69, 9.17) is 16.4 Å². The van der Waals surface area contributed by atoms with Crippen LogP contribution in [-0.4, -0.2) is 67.8 Å². The SMILES string of the molecule is CN1CCN(CCO/N=C2/C(=C3/C(=O)Nc4ccc(Cl)cc43)Nc3ccccc32)CC1.Cl.Cl. The van der Waals surface area contributed by atoms with Gasteiger partial charge in [-0.05, 0) is 31.3 Å². The number of rotatable bonds is 4. The van der Waals surface area contributed by atoms with Crippen LogP contribution in [0.25, 0.3) is 5.57 Å². The first-order chi connectivity index (χ1) is 15.1. The van der Waals surface area contributed by atoms with Crippen LogP contribution < -0.4 is 10.6 Å². The number of benzene rings is 2. The quantitative estimate of drug-likeness (QED) is 0.370. The van der Waals surface area contributed by atoms with Crippen molar-refractivity contribution in [2.75, 3.05) is 57.0 Å². The molecule has 3 aliphatic heterocycles. The number of likely N-dealkylation sites (N-methyl/N-ethyl adjacent to an activating group) is 1. The Bertz CT molecular complexity index is 1100. The van der Waals surface area contributed by atoms with Crippen LogP contribution >= 0.6 is 36.4 Å². The summed E-state index contributed by atoms with van der Waals surface area (Å²) in [4.78, 5) is 23.3. The standard InChI is InChI=1S/C23H24ClN5O2.2ClH/c1-28-8-10-29(11-9-28)12-13-31-27-21-16-4-2-3-5-18(16)25-22(21)20-17-14-15(24)6-7-19(17)26-23(20)30;;/h2-7,14,25H,8-13H2,1H3,(H,26,30);2*1H/b22-20-,27-21+;;. The largest absolute Gasteiger partial charge is 0.394 e. The van der Waals surface area contributed by atoms with Gasteiger partial charge in [0, 0.05) is 60.2 Å². The van der Waals surface area contributed by atoms with Crippen molar-refractivity contribution in [3.05, 3.63) is 64.3 Å². The number of amides is 1. The van der Waals surface area contributed by atoms with E-state index in [0.29, 0.717) is 28.6 Å². The Hall–Kier alpha value is -2.29. The number of nitrogens with one attached hydrogen (secondary N) is 2. The van der Waals surface area contributed by atoms with Crippen molar-refractivity contribution in [2.24, 2.45) is 5.16 Å². The summed E-state index contributed by atoms with van der Waals surface area (Å²) in [5.41, 5.74) is 5.10. The van der Waals surface area contributed by atoms with E-state index in [9.17, 15) is 4.79 Å². The monoisotopic (exact) mass is 509 g/mol. The molecule has 5 rings (SSSR count). The van der Waals surface area contributed by atoms with Crippen molar-refractivity contribution in [2.45, 2.75) is 0 Å². The molecule has 2 N–H and O–H groups in total. The Kier molecular flexibility index (Phi) is 8.26. The second-order valence-corrected chi connectivity index (χ2v) is 8.42. The Morgan fingerprint density at radius 3 is 2.52 bits per heavy atom. The lowest BCUT2D eigenvalue weighted by Crippen LogP contribution is -2.45. The fraction of sp³-hybridized carbons (Fsp3) is 0.304. The third kappa shape index (κ3) is 5.13. The van der Waals surface area contributed by atoms with Crippen LogP contribution in [0.5, 0.6) is 0 Å².